The van der Waals surface area contributed by atoms with E-state index < -0.39 is 0 Å². The second-order valence-electron chi connectivity index (χ2n) is 6.29. The Balaban J connectivity index is 1.50. The van der Waals surface area contributed by atoms with Gasteiger partial charge in [-0.2, -0.15) is 0 Å². The van der Waals surface area contributed by atoms with Crippen molar-refractivity contribution < 1.29 is 19.0 Å². The summed E-state index contributed by atoms with van der Waals surface area (Å²) in [7, 11) is 1.61. The summed E-state index contributed by atoms with van der Waals surface area (Å²) in [6.07, 6.45) is 1.72. The number of allylic oxidation sites excluding steroid dienone is 1. The van der Waals surface area contributed by atoms with Crippen LogP contribution in [-0.4, -0.2) is 12.9 Å². The van der Waals surface area contributed by atoms with Crippen LogP contribution in [0, 0.1) is 0 Å². The molecular formula is C23H17BrO4. The van der Waals surface area contributed by atoms with Crippen molar-refractivity contribution in [2.24, 2.45) is 0 Å². The molecule has 4 rings (SSSR count). The van der Waals surface area contributed by atoms with Crippen LogP contribution >= 0.6 is 15.9 Å². The molecule has 0 amide bonds. The fourth-order valence-corrected chi connectivity index (χ4v) is 3.15. The predicted octanol–water partition coefficient (Wildman–Crippen LogP) is 5.65. The maximum Gasteiger partial charge on any atom is 0.231 e. The maximum absolute atomic E-state index is 12.6. The molecule has 0 aromatic heterocycles. The Morgan fingerprint density at radius 1 is 1.00 bits per heavy atom. The van der Waals surface area contributed by atoms with Gasteiger partial charge in [-0.15, -0.1) is 0 Å². The SMILES string of the molecule is COc1cccc(C=C2Oc3cc(OCc4ccc(Br)cc4)ccc3C2=O)c1. The Hall–Kier alpha value is -3.05. The summed E-state index contributed by atoms with van der Waals surface area (Å²) >= 11 is 3.42. The Labute approximate surface area is 171 Å². The van der Waals surface area contributed by atoms with Crippen LogP contribution in [0.1, 0.15) is 21.5 Å². The number of carbonyl (C=O) groups excluding carboxylic acids is 1. The Morgan fingerprint density at radius 2 is 1.82 bits per heavy atom. The highest BCUT2D eigenvalue weighted by Crippen LogP contribution is 2.35. The van der Waals surface area contributed by atoms with Crippen molar-refractivity contribution >= 4 is 27.8 Å². The lowest BCUT2D eigenvalue weighted by Crippen LogP contribution is -1.98. The van der Waals surface area contributed by atoms with Crippen LogP contribution in [0.15, 0.2) is 77.0 Å². The number of ether oxygens (including phenoxy) is 3. The molecule has 0 atom stereocenters. The highest BCUT2D eigenvalue weighted by Gasteiger charge is 2.27. The van der Waals surface area contributed by atoms with Crippen molar-refractivity contribution in [1.82, 2.24) is 0 Å². The average molecular weight is 437 g/mol. The molecule has 0 aliphatic carbocycles. The molecule has 4 nitrogen and oxygen atoms in total. The van der Waals surface area contributed by atoms with Gasteiger partial charge in [0.05, 0.1) is 12.7 Å². The molecule has 3 aromatic carbocycles. The van der Waals surface area contributed by atoms with Gasteiger partial charge >= 0.3 is 0 Å². The van der Waals surface area contributed by atoms with Crippen LogP contribution in [0.4, 0.5) is 0 Å². The fraction of sp³-hybridized carbons (Fsp3) is 0.0870. The van der Waals surface area contributed by atoms with Crippen molar-refractivity contribution in [2.45, 2.75) is 6.61 Å². The highest BCUT2D eigenvalue weighted by molar-refractivity contribution is 9.10. The van der Waals surface area contributed by atoms with Crippen LogP contribution < -0.4 is 14.2 Å². The molecule has 3 aromatic rings. The minimum absolute atomic E-state index is 0.141. The summed E-state index contributed by atoms with van der Waals surface area (Å²) in [6.45, 7) is 0.437. The zero-order valence-corrected chi connectivity index (χ0v) is 16.7. The molecule has 0 spiro atoms. The minimum atomic E-state index is -0.141. The largest absolute Gasteiger partial charge is 0.497 e. The van der Waals surface area contributed by atoms with Gasteiger partial charge in [0.1, 0.15) is 23.9 Å². The molecule has 0 saturated heterocycles. The number of hydrogen-bond acceptors (Lipinski definition) is 4. The number of methoxy groups -OCH3 is 1. The topological polar surface area (TPSA) is 44.8 Å². The summed E-state index contributed by atoms with van der Waals surface area (Å²) in [4.78, 5) is 12.6. The summed E-state index contributed by atoms with van der Waals surface area (Å²) in [5, 5.41) is 0. The van der Waals surface area contributed by atoms with Crippen LogP contribution in [0.3, 0.4) is 0 Å². The Morgan fingerprint density at radius 3 is 2.61 bits per heavy atom. The van der Waals surface area contributed by atoms with E-state index in [1.807, 2.05) is 48.5 Å². The molecule has 28 heavy (non-hydrogen) atoms. The Kier molecular flexibility index (Phi) is 5.17. The fourth-order valence-electron chi connectivity index (χ4n) is 2.89. The van der Waals surface area contributed by atoms with Crippen molar-refractivity contribution in [1.29, 1.82) is 0 Å². The van der Waals surface area contributed by atoms with Crippen LogP contribution in [0.2, 0.25) is 0 Å². The van der Waals surface area contributed by atoms with Crippen LogP contribution in [-0.2, 0) is 6.61 Å². The maximum atomic E-state index is 12.6. The summed E-state index contributed by atoms with van der Waals surface area (Å²) in [5.41, 5.74) is 2.42. The number of fused-ring (bicyclic) bond motifs is 1. The first-order chi connectivity index (χ1) is 13.6. The predicted molar refractivity (Wildman–Crippen MR) is 111 cm³/mol. The molecule has 1 heterocycles. The third-order valence-corrected chi connectivity index (χ3v) is 4.88. The molecule has 0 N–H and O–H groups in total. The molecule has 0 saturated carbocycles. The molecule has 0 unspecified atom stereocenters. The quantitative estimate of drug-likeness (QED) is 0.484. The zero-order valence-electron chi connectivity index (χ0n) is 15.1. The lowest BCUT2D eigenvalue weighted by Gasteiger charge is -2.07. The third-order valence-electron chi connectivity index (χ3n) is 4.35. The number of ketones is 1. The number of halogens is 1. The van der Waals surface area contributed by atoms with Crippen LogP contribution in [0.25, 0.3) is 6.08 Å². The van der Waals surface area contributed by atoms with Gasteiger partial charge in [0.2, 0.25) is 5.78 Å². The average Bonchev–Trinajstić information content (AvgIpc) is 3.02. The number of Topliss-reactive ketones (excluding diaryl/α,β-unsaturated/α-hetero) is 1. The molecule has 140 valence electrons. The first-order valence-corrected chi connectivity index (χ1v) is 9.51. The third kappa shape index (κ3) is 3.94. The minimum Gasteiger partial charge on any atom is -0.497 e. The van der Waals surface area contributed by atoms with Gasteiger partial charge in [0, 0.05) is 10.5 Å². The van der Waals surface area contributed by atoms with Gasteiger partial charge in [-0.3, -0.25) is 4.79 Å². The van der Waals surface area contributed by atoms with E-state index in [-0.39, 0.29) is 11.5 Å². The number of carbonyl (C=O) groups is 1. The van der Waals surface area contributed by atoms with E-state index in [1.165, 1.54) is 0 Å². The molecule has 5 heteroatoms. The summed E-state index contributed by atoms with van der Waals surface area (Å²) in [5.74, 6) is 2.02. The smallest absolute Gasteiger partial charge is 0.231 e. The highest BCUT2D eigenvalue weighted by atomic mass is 79.9. The van der Waals surface area contributed by atoms with Gasteiger partial charge in [-0.05, 0) is 53.6 Å². The van der Waals surface area contributed by atoms with E-state index in [9.17, 15) is 4.79 Å². The Bertz CT molecular complexity index is 1050. The van der Waals surface area contributed by atoms with Crippen molar-refractivity contribution in [2.75, 3.05) is 7.11 Å². The van der Waals surface area contributed by atoms with Gasteiger partial charge in [0.25, 0.3) is 0 Å². The zero-order chi connectivity index (χ0) is 19.5. The standard InChI is InChI=1S/C23H17BrO4/c1-26-18-4-2-3-16(11-18)12-22-23(25)20-10-9-19(13-21(20)28-22)27-14-15-5-7-17(24)8-6-15/h2-13H,14H2,1H3. The number of hydrogen-bond donors (Lipinski definition) is 0. The van der Waals surface area contributed by atoms with Gasteiger partial charge in [-0.25, -0.2) is 0 Å². The van der Waals surface area contributed by atoms with E-state index >= 15 is 0 Å². The normalized spacial score (nSPS) is 13.9. The molecule has 1 aliphatic rings. The van der Waals surface area contributed by atoms with Crippen LogP contribution in [0.5, 0.6) is 17.2 Å². The lowest BCUT2D eigenvalue weighted by atomic mass is 10.1. The number of benzene rings is 3. The van der Waals surface area contributed by atoms with Gasteiger partial charge in [-0.1, -0.05) is 40.2 Å². The van der Waals surface area contributed by atoms with E-state index in [0.717, 1.165) is 21.3 Å². The monoisotopic (exact) mass is 436 g/mol. The van der Waals surface area contributed by atoms with E-state index in [2.05, 4.69) is 15.9 Å². The summed E-state index contributed by atoms with van der Waals surface area (Å²) < 4.78 is 17.9. The molecular weight excluding hydrogens is 420 g/mol. The molecule has 1 aliphatic heterocycles. The van der Waals surface area contributed by atoms with Crippen molar-refractivity contribution in [3.05, 3.63) is 93.7 Å². The van der Waals surface area contributed by atoms with E-state index in [0.29, 0.717) is 23.7 Å². The first kappa shape index (κ1) is 18.3. The lowest BCUT2D eigenvalue weighted by molar-refractivity contribution is 0.101. The second kappa shape index (κ2) is 7.90. The number of rotatable bonds is 5. The first-order valence-electron chi connectivity index (χ1n) is 8.72. The molecule has 0 fully saturated rings. The molecule has 0 radical (unpaired) electrons. The van der Waals surface area contributed by atoms with Crippen molar-refractivity contribution in [3.8, 4) is 17.2 Å². The van der Waals surface area contributed by atoms with E-state index in [1.54, 1.807) is 31.4 Å². The van der Waals surface area contributed by atoms with E-state index in [4.69, 9.17) is 14.2 Å². The van der Waals surface area contributed by atoms with Gasteiger partial charge < -0.3 is 14.2 Å². The molecule has 0 bridgehead atoms. The summed E-state index contributed by atoms with van der Waals surface area (Å²) in [6, 6.07) is 20.7. The van der Waals surface area contributed by atoms with Crippen molar-refractivity contribution in [3.63, 3.8) is 0 Å². The second-order valence-corrected chi connectivity index (χ2v) is 7.21. The van der Waals surface area contributed by atoms with Gasteiger partial charge in [0.15, 0.2) is 5.76 Å².